The van der Waals surface area contributed by atoms with Crippen molar-refractivity contribution in [1.29, 1.82) is 0 Å². The minimum absolute atomic E-state index is 0.0606. The average molecular weight is 469 g/mol. The molecule has 0 fully saturated rings. The van der Waals surface area contributed by atoms with Crippen molar-refractivity contribution >= 4 is 23.5 Å². The normalized spacial score (nSPS) is 18.8. The highest BCUT2D eigenvalue weighted by atomic mass is 35.5. The number of benzene rings is 2. The van der Waals surface area contributed by atoms with Crippen molar-refractivity contribution in [3.8, 4) is 5.75 Å². The summed E-state index contributed by atoms with van der Waals surface area (Å²) in [6.45, 7) is 0.539. The van der Waals surface area contributed by atoms with Crippen LogP contribution in [0.25, 0.3) is 0 Å². The average Bonchev–Trinajstić information content (AvgIpc) is 3.12. The first kappa shape index (κ1) is 23.3. The van der Waals surface area contributed by atoms with E-state index in [4.69, 9.17) is 21.1 Å². The van der Waals surface area contributed by atoms with Crippen molar-refractivity contribution < 1.29 is 19.1 Å². The van der Waals surface area contributed by atoms with Gasteiger partial charge in [-0.05, 0) is 73.1 Å². The van der Waals surface area contributed by atoms with Crippen molar-refractivity contribution in [2.45, 2.75) is 44.3 Å². The Morgan fingerprint density at radius 2 is 1.91 bits per heavy atom. The van der Waals surface area contributed by atoms with Crippen molar-refractivity contribution in [3.63, 3.8) is 0 Å². The monoisotopic (exact) mass is 468 g/mol. The highest BCUT2D eigenvalue weighted by Gasteiger charge is 2.41. The Bertz CT molecular complexity index is 1050. The predicted molar refractivity (Wildman–Crippen MR) is 127 cm³/mol. The van der Waals surface area contributed by atoms with Gasteiger partial charge in [0.2, 0.25) is 0 Å². The zero-order chi connectivity index (χ0) is 23.4. The van der Waals surface area contributed by atoms with E-state index in [9.17, 15) is 9.59 Å². The molecule has 0 radical (unpaired) electrons. The van der Waals surface area contributed by atoms with Gasteiger partial charge in [0.1, 0.15) is 18.0 Å². The molecule has 2 aromatic rings. The number of amides is 1. The molecule has 0 aromatic heterocycles. The summed E-state index contributed by atoms with van der Waals surface area (Å²) in [5.74, 6) is 0.312. The number of ether oxygens (including phenoxy) is 2. The molecule has 0 saturated heterocycles. The number of hydrogen-bond acceptors (Lipinski definition) is 5. The van der Waals surface area contributed by atoms with Crippen LogP contribution in [0.3, 0.4) is 0 Å². The first-order valence-electron chi connectivity index (χ1n) is 11.3. The number of nitrogens with one attached hydrogen (secondary N) is 1. The molecule has 1 N–H and O–H groups in total. The van der Waals surface area contributed by atoms with Crippen LogP contribution in [0.5, 0.6) is 5.75 Å². The third-order valence-corrected chi connectivity index (χ3v) is 6.67. The highest BCUT2D eigenvalue weighted by molar-refractivity contribution is 6.30. The van der Waals surface area contributed by atoms with Crippen LogP contribution in [-0.2, 0) is 20.7 Å². The lowest BCUT2D eigenvalue weighted by molar-refractivity contribution is -0.144. The number of hydrogen-bond donors (Lipinski definition) is 1. The lowest BCUT2D eigenvalue weighted by Gasteiger charge is -2.31. The van der Waals surface area contributed by atoms with Gasteiger partial charge in [-0.15, -0.1) is 0 Å². The zero-order valence-electron chi connectivity index (χ0n) is 19.0. The van der Waals surface area contributed by atoms with Gasteiger partial charge in [0, 0.05) is 17.1 Å². The quantitative estimate of drug-likeness (QED) is 0.580. The molecule has 174 valence electrons. The molecule has 2 atom stereocenters. The Hall–Kier alpha value is -2.83. The fourth-order valence-corrected chi connectivity index (χ4v) is 4.80. The highest BCUT2D eigenvalue weighted by Crippen LogP contribution is 2.37. The second-order valence-corrected chi connectivity index (χ2v) is 8.82. The van der Waals surface area contributed by atoms with Crippen LogP contribution >= 0.6 is 11.6 Å². The molecule has 0 spiro atoms. The Balaban J connectivity index is 1.62. The fraction of sp³-hybridized carbons (Fsp3) is 0.385. The first-order chi connectivity index (χ1) is 16.0. The van der Waals surface area contributed by atoms with Gasteiger partial charge in [-0.3, -0.25) is 10.1 Å². The standard InChI is InChI=1S/C26H29ClN2O4/c1-32-20-7-5-6-18(16-20)23(26(31)33-2)28-24-21-8-3-4-9-22(21)25(30)29(24)15-14-17-10-12-19(27)13-11-17/h5-7,10-13,16,23-24,28H,3-4,8-9,14-15H2,1-2H3/t23-,24-/m0/s1. The predicted octanol–water partition coefficient (Wildman–Crippen LogP) is 4.43. The summed E-state index contributed by atoms with van der Waals surface area (Å²) in [5, 5.41) is 4.14. The molecular weight excluding hydrogens is 440 g/mol. The zero-order valence-corrected chi connectivity index (χ0v) is 19.7. The Morgan fingerprint density at radius 1 is 1.15 bits per heavy atom. The molecular formula is C26H29ClN2O4. The number of carbonyl (C=O) groups excluding carboxylic acids is 2. The first-order valence-corrected chi connectivity index (χ1v) is 11.6. The Labute approximate surface area is 199 Å². The number of esters is 1. The third-order valence-electron chi connectivity index (χ3n) is 6.41. The van der Waals surface area contributed by atoms with Gasteiger partial charge in [-0.2, -0.15) is 0 Å². The molecule has 1 amide bonds. The van der Waals surface area contributed by atoms with Gasteiger partial charge in [0.25, 0.3) is 5.91 Å². The smallest absolute Gasteiger partial charge is 0.327 e. The molecule has 4 rings (SSSR count). The number of nitrogens with zero attached hydrogens (tertiary/aromatic N) is 1. The van der Waals surface area contributed by atoms with Crippen LogP contribution in [0.15, 0.2) is 59.7 Å². The van der Waals surface area contributed by atoms with Crippen LogP contribution in [0.2, 0.25) is 5.02 Å². The van der Waals surface area contributed by atoms with E-state index >= 15 is 0 Å². The summed E-state index contributed by atoms with van der Waals surface area (Å²) in [4.78, 5) is 28.0. The Kier molecular flexibility index (Phi) is 7.36. The van der Waals surface area contributed by atoms with E-state index in [0.29, 0.717) is 23.7 Å². The van der Waals surface area contributed by atoms with Gasteiger partial charge in [0.15, 0.2) is 0 Å². The molecule has 7 heteroatoms. The van der Waals surface area contributed by atoms with Gasteiger partial charge in [0.05, 0.1) is 14.2 Å². The van der Waals surface area contributed by atoms with Gasteiger partial charge >= 0.3 is 5.97 Å². The number of halogens is 1. The molecule has 0 unspecified atom stereocenters. The van der Waals surface area contributed by atoms with Crippen LogP contribution < -0.4 is 10.1 Å². The third kappa shape index (κ3) is 5.07. The molecule has 1 aliphatic heterocycles. The molecule has 1 aliphatic carbocycles. The number of rotatable bonds is 8. The van der Waals surface area contributed by atoms with Crippen molar-refractivity contribution in [2.24, 2.45) is 0 Å². The van der Waals surface area contributed by atoms with Gasteiger partial charge in [-0.25, -0.2) is 4.79 Å². The largest absolute Gasteiger partial charge is 0.497 e. The fourth-order valence-electron chi connectivity index (χ4n) is 4.67. The van der Waals surface area contributed by atoms with Crippen LogP contribution in [0.1, 0.15) is 42.9 Å². The van der Waals surface area contributed by atoms with E-state index < -0.39 is 12.0 Å². The molecule has 0 saturated carbocycles. The molecule has 2 aromatic carbocycles. The maximum Gasteiger partial charge on any atom is 0.327 e. The maximum atomic E-state index is 13.4. The maximum absolute atomic E-state index is 13.4. The minimum atomic E-state index is -0.727. The minimum Gasteiger partial charge on any atom is -0.497 e. The van der Waals surface area contributed by atoms with Crippen molar-refractivity contribution in [3.05, 3.63) is 75.8 Å². The SMILES string of the molecule is COC(=O)[C@@H](N[C@@H]1C2=C(CCCC2)C(=O)N1CCc1ccc(Cl)cc1)c1cccc(OC)c1. The summed E-state index contributed by atoms with van der Waals surface area (Å²) < 4.78 is 10.5. The lowest BCUT2D eigenvalue weighted by atomic mass is 9.92. The van der Waals surface area contributed by atoms with Crippen LogP contribution in [0.4, 0.5) is 0 Å². The second kappa shape index (κ2) is 10.4. The van der Waals surface area contributed by atoms with E-state index in [2.05, 4.69) is 5.32 Å². The van der Waals surface area contributed by atoms with Crippen LogP contribution in [-0.4, -0.2) is 43.7 Å². The van der Waals surface area contributed by atoms with Crippen LogP contribution in [0, 0.1) is 0 Å². The van der Waals surface area contributed by atoms with E-state index in [1.165, 1.54) is 7.11 Å². The van der Waals surface area contributed by atoms with Gasteiger partial charge < -0.3 is 14.4 Å². The summed E-state index contributed by atoms with van der Waals surface area (Å²) >= 11 is 6.01. The van der Waals surface area contributed by atoms with E-state index in [1.54, 1.807) is 7.11 Å². The summed E-state index contributed by atoms with van der Waals surface area (Å²) in [5.41, 5.74) is 3.83. The second-order valence-electron chi connectivity index (χ2n) is 8.39. The van der Waals surface area contributed by atoms with E-state index in [0.717, 1.165) is 48.0 Å². The molecule has 1 heterocycles. The number of methoxy groups -OCH3 is 2. The topological polar surface area (TPSA) is 67.9 Å². The summed E-state index contributed by atoms with van der Waals surface area (Å²) in [6.07, 6.45) is 4.03. The van der Waals surface area contributed by atoms with E-state index in [-0.39, 0.29) is 12.1 Å². The summed E-state index contributed by atoms with van der Waals surface area (Å²) in [6, 6.07) is 14.3. The van der Waals surface area contributed by atoms with E-state index in [1.807, 2.05) is 53.4 Å². The molecule has 6 nitrogen and oxygen atoms in total. The molecule has 0 bridgehead atoms. The van der Waals surface area contributed by atoms with Crippen molar-refractivity contribution in [1.82, 2.24) is 10.2 Å². The lowest BCUT2D eigenvalue weighted by Crippen LogP contribution is -2.49. The molecule has 2 aliphatic rings. The molecule has 33 heavy (non-hydrogen) atoms. The van der Waals surface area contributed by atoms with Crippen molar-refractivity contribution in [2.75, 3.05) is 20.8 Å². The summed E-state index contributed by atoms with van der Waals surface area (Å²) in [7, 11) is 2.97. The Morgan fingerprint density at radius 3 is 2.64 bits per heavy atom. The number of carbonyl (C=O) groups is 2. The van der Waals surface area contributed by atoms with Gasteiger partial charge in [-0.1, -0.05) is 35.9 Å².